The Bertz CT molecular complexity index is 530. The van der Waals surface area contributed by atoms with E-state index in [1.54, 1.807) is 18.2 Å². The maximum Gasteiger partial charge on any atom is 0.345 e. The van der Waals surface area contributed by atoms with Crippen molar-refractivity contribution >= 4 is 17.3 Å². The number of benzene rings is 1. The minimum atomic E-state index is -0.943. The van der Waals surface area contributed by atoms with Crippen molar-refractivity contribution in [1.29, 1.82) is 0 Å². The average Bonchev–Trinajstić information content (AvgIpc) is 2.81. The summed E-state index contributed by atoms with van der Waals surface area (Å²) >= 11 is 1.10. The molecule has 0 radical (unpaired) electrons. The molecule has 0 bridgehead atoms. The van der Waals surface area contributed by atoms with Gasteiger partial charge in [0.15, 0.2) is 5.06 Å². The fraction of sp³-hybridized carbons (Fsp3) is 0.154. The Balaban J connectivity index is 2.06. The minimum Gasteiger partial charge on any atom is -0.494 e. The van der Waals surface area contributed by atoms with Crippen molar-refractivity contribution in [2.75, 3.05) is 6.61 Å². The third kappa shape index (κ3) is 3.01. The third-order valence-corrected chi connectivity index (χ3v) is 3.10. The van der Waals surface area contributed by atoms with Crippen LogP contribution in [-0.2, 0) is 0 Å². The van der Waals surface area contributed by atoms with Crippen LogP contribution in [0.15, 0.2) is 36.4 Å². The maximum absolute atomic E-state index is 10.7. The average molecular weight is 264 g/mol. The van der Waals surface area contributed by atoms with E-state index in [2.05, 4.69) is 0 Å². The fourth-order valence-corrected chi connectivity index (χ4v) is 2.09. The van der Waals surface area contributed by atoms with E-state index in [0.29, 0.717) is 17.4 Å². The summed E-state index contributed by atoms with van der Waals surface area (Å²) in [6.45, 7) is 2.54. The van der Waals surface area contributed by atoms with Crippen molar-refractivity contribution in [2.45, 2.75) is 6.92 Å². The van der Waals surface area contributed by atoms with E-state index in [1.807, 2.05) is 19.1 Å². The van der Waals surface area contributed by atoms with Gasteiger partial charge in [-0.3, -0.25) is 0 Å². The number of hydrogen-bond acceptors (Lipinski definition) is 4. The first-order valence-corrected chi connectivity index (χ1v) is 6.24. The summed E-state index contributed by atoms with van der Waals surface area (Å²) in [6.07, 6.45) is 0. The Kier molecular flexibility index (Phi) is 3.84. The first kappa shape index (κ1) is 12.4. The molecule has 0 aliphatic rings. The van der Waals surface area contributed by atoms with Gasteiger partial charge in [-0.1, -0.05) is 11.3 Å². The lowest BCUT2D eigenvalue weighted by Crippen LogP contribution is -1.90. The van der Waals surface area contributed by atoms with Crippen LogP contribution in [0.1, 0.15) is 16.6 Å². The molecule has 0 saturated heterocycles. The van der Waals surface area contributed by atoms with E-state index in [9.17, 15) is 4.79 Å². The van der Waals surface area contributed by atoms with Crippen LogP contribution in [0.5, 0.6) is 16.6 Å². The largest absolute Gasteiger partial charge is 0.494 e. The first-order chi connectivity index (χ1) is 8.69. The summed E-state index contributed by atoms with van der Waals surface area (Å²) in [4.78, 5) is 11.0. The summed E-state index contributed by atoms with van der Waals surface area (Å²) in [5.41, 5.74) is 0. The molecule has 0 atom stereocenters. The first-order valence-electron chi connectivity index (χ1n) is 5.43. The Labute approximate surface area is 108 Å². The molecular formula is C13H12O4S. The standard InChI is InChI=1S/C13H12O4S/c1-2-16-9-3-5-10(6-4-9)17-12-8-7-11(18-12)13(14)15/h3-8H,2H2,1H3,(H,14,15). The molecule has 5 heteroatoms. The van der Waals surface area contributed by atoms with Crippen LogP contribution in [-0.4, -0.2) is 17.7 Å². The Morgan fingerprint density at radius 2 is 1.83 bits per heavy atom. The zero-order valence-electron chi connectivity index (χ0n) is 9.75. The highest BCUT2D eigenvalue weighted by atomic mass is 32.1. The zero-order valence-corrected chi connectivity index (χ0v) is 10.6. The van der Waals surface area contributed by atoms with Crippen molar-refractivity contribution in [1.82, 2.24) is 0 Å². The highest BCUT2D eigenvalue weighted by Gasteiger charge is 2.08. The second kappa shape index (κ2) is 5.55. The highest BCUT2D eigenvalue weighted by Crippen LogP contribution is 2.30. The van der Waals surface area contributed by atoms with E-state index in [0.717, 1.165) is 17.1 Å². The number of hydrogen-bond donors (Lipinski definition) is 1. The lowest BCUT2D eigenvalue weighted by molar-refractivity contribution is 0.0702. The lowest BCUT2D eigenvalue weighted by atomic mass is 10.3. The molecule has 1 heterocycles. The second-order valence-corrected chi connectivity index (χ2v) is 4.48. The number of thiophene rings is 1. The number of aromatic carboxylic acids is 1. The van der Waals surface area contributed by atoms with Crippen LogP contribution < -0.4 is 9.47 Å². The molecule has 18 heavy (non-hydrogen) atoms. The topological polar surface area (TPSA) is 55.8 Å². The van der Waals surface area contributed by atoms with Crippen LogP contribution in [0.25, 0.3) is 0 Å². The van der Waals surface area contributed by atoms with Crippen LogP contribution in [0.4, 0.5) is 0 Å². The monoisotopic (exact) mass is 264 g/mol. The number of carboxylic acids is 1. The molecule has 1 aromatic carbocycles. The van der Waals surface area contributed by atoms with Crippen molar-refractivity contribution in [3.05, 3.63) is 41.3 Å². The van der Waals surface area contributed by atoms with Crippen molar-refractivity contribution in [2.24, 2.45) is 0 Å². The summed E-state index contributed by atoms with van der Waals surface area (Å²) in [5, 5.41) is 9.35. The number of carbonyl (C=O) groups is 1. The lowest BCUT2D eigenvalue weighted by Gasteiger charge is -2.05. The summed E-state index contributed by atoms with van der Waals surface area (Å²) in [6, 6.07) is 10.4. The van der Waals surface area contributed by atoms with Gasteiger partial charge in [0.05, 0.1) is 6.61 Å². The number of rotatable bonds is 5. The van der Waals surface area contributed by atoms with Gasteiger partial charge in [-0.15, -0.1) is 0 Å². The molecule has 0 saturated carbocycles. The molecular weight excluding hydrogens is 252 g/mol. The SMILES string of the molecule is CCOc1ccc(Oc2ccc(C(=O)O)s2)cc1. The molecule has 94 valence electrons. The van der Waals surface area contributed by atoms with Gasteiger partial charge in [-0.2, -0.15) is 0 Å². The van der Waals surface area contributed by atoms with Gasteiger partial charge in [-0.05, 0) is 43.3 Å². The molecule has 0 fully saturated rings. The second-order valence-electron chi connectivity index (χ2n) is 3.43. The normalized spacial score (nSPS) is 10.1. The smallest absolute Gasteiger partial charge is 0.345 e. The highest BCUT2D eigenvalue weighted by molar-refractivity contribution is 7.15. The minimum absolute atomic E-state index is 0.260. The summed E-state index contributed by atoms with van der Waals surface area (Å²) in [5.74, 6) is 0.487. The molecule has 0 aliphatic heterocycles. The zero-order chi connectivity index (χ0) is 13.0. The van der Waals surface area contributed by atoms with Gasteiger partial charge in [-0.25, -0.2) is 4.79 Å². The molecule has 2 aromatic rings. The van der Waals surface area contributed by atoms with Gasteiger partial charge >= 0.3 is 5.97 Å². The Morgan fingerprint density at radius 3 is 2.39 bits per heavy atom. The van der Waals surface area contributed by atoms with Crippen LogP contribution in [0, 0.1) is 0 Å². The Morgan fingerprint density at radius 1 is 1.17 bits per heavy atom. The number of carboxylic acid groups (broad SMARTS) is 1. The van der Waals surface area contributed by atoms with Crippen molar-refractivity contribution in [3.63, 3.8) is 0 Å². The number of ether oxygens (including phenoxy) is 2. The fourth-order valence-electron chi connectivity index (χ4n) is 1.38. The van der Waals surface area contributed by atoms with Gasteiger partial charge in [0.2, 0.25) is 0 Å². The molecule has 2 rings (SSSR count). The summed E-state index contributed by atoms with van der Waals surface area (Å²) < 4.78 is 10.9. The van der Waals surface area contributed by atoms with E-state index in [4.69, 9.17) is 14.6 Å². The van der Waals surface area contributed by atoms with E-state index in [1.165, 1.54) is 6.07 Å². The molecule has 1 aromatic heterocycles. The van der Waals surface area contributed by atoms with Gasteiger partial charge < -0.3 is 14.6 Å². The predicted octanol–water partition coefficient (Wildman–Crippen LogP) is 3.64. The van der Waals surface area contributed by atoms with Crippen LogP contribution >= 0.6 is 11.3 Å². The van der Waals surface area contributed by atoms with E-state index in [-0.39, 0.29) is 4.88 Å². The van der Waals surface area contributed by atoms with Gasteiger partial charge in [0.25, 0.3) is 0 Å². The molecule has 4 nitrogen and oxygen atoms in total. The quantitative estimate of drug-likeness (QED) is 0.895. The van der Waals surface area contributed by atoms with E-state index < -0.39 is 5.97 Å². The summed E-state index contributed by atoms with van der Waals surface area (Å²) in [7, 11) is 0. The predicted molar refractivity (Wildman–Crippen MR) is 69.0 cm³/mol. The van der Waals surface area contributed by atoms with Crippen molar-refractivity contribution in [3.8, 4) is 16.6 Å². The third-order valence-electron chi connectivity index (χ3n) is 2.15. The molecule has 1 N–H and O–H groups in total. The molecule has 0 aliphatic carbocycles. The van der Waals surface area contributed by atoms with Crippen LogP contribution in [0.3, 0.4) is 0 Å². The van der Waals surface area contributed by atoms with Gasteiger partial charge in [0, 0.05) is 0 Å². The van der Waals surface area contributed by atoms with Gasteiger partial charge in [0.1, 0.15) is 16.4 Å². The van der Waals surface area contributed by atoms with Crippen molar-refractivity contribution < 1.29 is 19.4 Å². The Hall–Kier alpha value is -2.01. The molecule has 0 spiro atoms. The van der Waals surface area contributed by atoms with Crippen LogP contribution in [0.2, 0.25) is 0 Å². The molecule has 0 unspecified atom stereocenters. The molecule has 0 amide bonds. The maximum atomic E-state index is 10.7. The van der Waals surface area contributed by atoms with E-state index >= 15 is 0 Å².